The zero-order valence-corrected chi connectivity index (χ0v) is 17.3. The second-order valence-electron chi connectivity index (χ2n) is 7.63. The fraction of sp³-hybridized carbons (Fsp3) is 0.636. The molecule has 1 saturated heterocycles. The minimum absolute atomic E-state index is 0.137. The molecular weight excluding hydrogens is 340 g/mol. The van der Waals surface area contributed by atoms with Crippen LogP contribution in [0.5, 0.6) is 5.75 Å². The van der Waals surface area contributed by atoms with Crippen LogP contribution in [-0.4, -0.2) is 54.9 Å². The third-order valence-electron chi connectivity index (χ3n) is 5.22. The lowest BCUT2D eigenvalue weighted by Gasteiger charge is -2.22. The maximum Gasteiger partial charge on any atom is 0.227 e. The number of rotatable bonds is 7. The van der Waals surface area contributed by atoms with E-state index in [1.807, 2.05) is 21.9 Å². The van der Waals surface area contributed by atoms with Gasteiger partial charge in [-0.1, -0.05) is 39.3 Å². The van der Waals surface area contributed by atoms with Crippen molar-refractivity contribution in [2.75, 3.05) is 33.3 Å². The van der Waals surface area contributed by atoms with Gasteiger partial charge in [-0.2, -0.15) is 0 Å². The van der Waals surface area contributed by atoms with Crippen molar-refractivity contribution >= 4 is 11.8 Å². The molecule has 0 bridgehead atoms. The van der Waals surface area contributed by atoms with Gasteiger partial charge in [0.15, 0.2) is 0 Å². The average molecular weight is 375 g/mol. The molecule has 0 spiro atoms. The van der Waals surface area contributed by atoms with E-state index in [0.717, 1.165) is 49.2 Å². The van der Waals surface area contributed by atoms with Crippen LogP contribution in [0.3, 0.4) is 0 Å². The first-order chi connectivity index (χ1) is 13.0. The molecule has 0 aromatic heterocycles. The van der Waals surface area contributed by atoms with E-state index in [4.69, 9.17) is 4.74 Å². The monoisotopic (exact) mass is 374 g/mol. The molecule has 2 amide bonds. The molecule has 5 heteroatoms. The predicted octanol–water partition coefficient (Wildman–Crippen LogP) is 3.61. The summed E-state index contributed by atoms with van der Waals surface area (Å²) < 4.78 is 5.43. The summed E-state index contributed by atoms with van der Waals surface area (Å²) in [6.45, 7) is 9.11. The van der Waals surface area contributed by atoms with Gasteiger partial charge in [0, 0.05) is 32.6 Å². The van der Waals surface area contributed by atoms with Crippen molar-refractivity contribution in [3.63, 3.8) is 0 Å². The highest BCUT2D eigenvalue weighted by Gasteiger charge is 2.22. The van der Waals surface area contributed by atoms with Crippen LogP contribution in [0.15, 0.2) is 18.2 Å². The summed E-state index contributed by atoms with van der Waals surface area (Å²) >= 11 is 0. The highest BCUT2D eigenvalue weighted by molar-refractivity contribution is 5.79. The van der Waals surface area contributed by atoms with Gasteiger partial charge in [-0.3, -0.25) is 9.59 Å². The lowest BCUT2D eigenvalue weighted by molar-refractivity contribution is -0.133. The molecule has 1 aliphatic rings. The summed E-state index contributed by atoms with van der Waals surface area (Å²) in [5.41, 5.74) is 2.15. The van der Waals surface area contributed by atoms with E-state index >= 15 is 0 Å². The molecule has 150 valence electrons. The van der Waals surface area contributed by atoms with Crippen LogP contribution in [0.2, 0.25) is 0 Å². The van der Waals surface area contributed by atoms with Crippen LogP contribution in [-0.2, 0) is 16.0 Å². The Morgan fingerprint density at radius 3 is 2.33 bits per heavy atom. The van der Waals surface area contributed by atoms with E-state index in [-0.39, 0.29) is 11.8 Å². The predicted molar refractivity (Wildman–Crippen MR) is 108 cm³/mol. The Hall–Kier alpha value is -2.04. The maximum absolute atomic E-state index is 12.8. The Morgan fingerprint density at radius 2 is 1.74 bits per heavy atom. The number of nitrogens with zero attached hydrogens (tertiary/aromatic N) is 2. The number of hydrogen-bond donors (Lipinski definition) is 0. The molecule has 1 heterocycles. The molecule has 0 aliphatic carbocycles. The Labute approximate surface area is 163 Å². The van der Waals surface area contributed by atoms with Crippen LogP contribution in [0.4, 0.5) is 0 Å². The number of amides is 2. The normalized spacial score (nSPS) is 15.0. The molecular formula is C22H34N2O3. The fourth-order valence-corrected chi connectivity index (χ4v) is 3.53. The third kappa shape index (κ3) is 5.98. The molecule has 1 fully saturated rings. The maximum atomic E-state index is 12.8. The van der Waals surface area contributed by atoms with Gasteiger partial charge in [0.2, 0.25) is 11.8 Å². The second kappa shape index (κ2) is 10.3. The largest absolute Gasteiger partial charge is 0.496 e. The van der Waals surface area contributed by atoms with Crippen molar-refractivity contribution in [1.82, 2.24) is 9.80 Å². The van der Waals surface area contributed by atoms with Gasteiger partial charge in [-0.25, -0.2) is 0 Å². The zero-order chi connectivity index (χ0) is 19.8. The van der Waals surface area contributed by atoms with Gasteiger partial charge in [0.05, 0.1) is 13.5 Å². The summed E-state index contributed by atoms with van der Waals surface area (Å²) in [6.07, 6.45) is 3.84. The molecule has 0 N–H and O–H groups in total. The number of benzene rings is 1. The number of carbonyl (C=O) groups excluding carboxylic acids is 2. The van der Waals surface area contributed by atoms with Crippen molar-refractivity contribution in [1.29, 1.82) is 0 Å². The minimum Gasteiger partial charge on any atom is -0.496 e. The number of unbranched alkanes of at least 4 members (excludes halogenated alkanes) is 1. The van der Waals surface area contributed by atoms with Crippen LogP contribution in [0.1, 0.15) is 63.5 Å². The number of hydrogen-bond acceptors (Lipinski definition) is 3. The van der Waals surface area contributed by atoms with E-state index in [0.29, 0.717) is 31.8 Å². The molecule has 1 aromatic carbocycles. The van der Waals surface area contributed by atoms with Gasteiger partial charge in [-0.15, -0.1) is 0 Å². The van der Waals surface area contributed by atoms with Gasteiger partial charge < -0.3 is 14.5 Å². The van der Waals surface area contributed by atoms with Crippen LogP contribution in [0.25, 0.3) is 0 Å². The Balaban J connectivity index is 1.96. The number of ether oxygens (including phenoxy) is 1. The topological polar surface area (TPSA) is 49.9 Å². The lowest BCUT2D eigenvalue weighted by atomic mass is 9.98. The van der Waals surface area contributed by atoms with Crippen LogP contribution >= 0.6 is 0 Å². The quantitative estimate of drug-likeness (QED) is 0.732. The van der Waals surface area contributed by atoms with Crippen LogP contribution in [0, 0.1) is 0 Å². The number of methoxy groups -OCH3 is 1. The standard InChI is InChI=1S/C22H34N2O3/c1-5-6-8-21(25)23-11-7-12-24(14-13-23)22(26)16-18-9-10-20(27-4)19(15-18)17(2)3/h9-10,15,17H,5-8,11-14,16H2,1-4H3. The summed E-state index contributed by atoms with van der Waals surface area (Å²) in [5, 5.41) is 0. The van der Waals surface area contributed by atoms with Crippen molar-refractivity contribution in [3.8, 4) is 5.75 Å². The van der Waals surface area contributed by atoms with E-state index in [2.05, 4.69) is 26.8 Å². The Kier molecular flexibility index (Phi) is 8.14. The fourth-order valence-electron chi connectivity index (χ4n) is 3.53. The van der Waals surface area contributed by atoms with Crippen molar-refractivity contribution < 1.29 is 14.3 Å². The van der Waals surface area contributed by atoms with Crippen LogP contribution < -0.4 is 4.74 Å². The van der Waals surface area contributed by atoms with Gasteiger partial charge in [-0.05, 0) is 36.0 Å². The molecule has 2 rings (SSSR count). The SMILES string of the molecule is CCCCC(=O)N1CCCN(C(=O)Cc2ccc(OC)c(C(C)C)c2)CC1. The van der Waals surface area contributed by atoms with Crippen molar-refractivity contribution in [2.45, 2.75) is 58.8 Å². The molecule has 5 nitrogen and oxygen atoms in total. The number of carbonyl (C=O) groups is 2. The van der Waals surface area contributed by atoms with Crippen molar-refractivity contribution in [3.05, 3.63) is 29.3 Å². The molecule has 27 heavy (non-hydrogen) atoms. The van der Waals surface area contributed by atoms with E-state index < -0.39 is 0 Å². The molecule has 1 aromatic rings. The average Bonchev–Trinajstić information content (AvgIpc) is 2.92. The Bertz CT molecular complexity index is 642. The molecule has 1 aliphatic heterocycles. The lowest BCUT2D eigenvalue weighted by Crippen LogP contribution is -2.37. The Morgan fingerprint density at radius 1 is 1.07 bits per heavy atom. The van der Waals surface area contributed by atoms with Gasteiger partial charge in [0.1, 0.15) is 5.75 Å². The minimum atomic E-state index is 0.137. The smallest absolute Gasteiger partial charge is 0.227 e. The van der Waals surface area contributed by atoms with Gasteiger partial charge in [0.25, 0.3) is 0 Å². The van der Waals surface area contributed by atoms with Gasteiger partial charge >= 0.3 is 0 Å². The summed E-state index contributed by atoms with van der Waals surface area (Å²) in [4.78, 5) is 28.9. The molecule has 0 atom stereocenters. The molecule has 0 saturated carbocycles. The van der Waals surface area contributed by atoms with E-state index in [1.165, 1.54) is 0 Å². The van der Waals surface area contributed by atoms with E-state index in [9.17, 15) is 9.59 Å². The van der Waals surface area contributed by atoms with Crippen molar-refractivity contribution in [2.24, 2.45) is 0 Å². The summed E-state index contributed by atoms with van der Waals surface area (Å²) in [6, 6.07) is 6.01. The summed E-state index contributed by atoms with van der Waals surface area (Å²) in [7, 11) is 1.68. The first-order valence-corrected chi connectivity index (χ1v) is 10.2. The first-order valence-electron chi connectivity index (χ1n) is 10.2. The highest BCUT2D eigenvalue weighted by atomic mass is 16.5. The highest BCUT2D eigenvalue weighted by Crippen LogP contribution is 2.27. The zero-order valence-electron chi connectivity index (χ0n) is 17.3. The second-order valence-corrected chi connectivity index (χ2v) is 7.63. The summed E-state index contributed by atoms with van der Waals surface area (Å²) in [5.74, 6) is 1.58. The molecule has 0 unspecified atom stereocenters. The first kappa shape index (κ1) is 21.3. The van der Waals surface area contributed by atoms with E-state index in [1.54, 1.807) is 7.11 Å². The molecule has 0 radical (unpaired) electrons. The third-order valence-corrected chi connectivity index (χ3v) is 5.22.